The number of piperazine rings is 1. The van der Waals surface area contributed by atoms with Crippen LogP contribution in [-0.4, -0.2) is 60.5 Å². The first-order valence-corrected chi connectivity index (χ1v) is 7.77. The number of carbonyl (C=O) groups excluding carboxylic acids is 2. The molecule has 0 aromatic heterocycles. The van der Waals surface area contributed by atoms with Crippen LogP contribution < -0.4 is 10.6 Å². The molecule has 0 atom stereocenters. The third-order valence-corrected chi connectivity index (χ3v) is 3.57. The van der Waals surface area contributed by atoms with Gasteiger partial charge in [-0.05, 0) is 38.1 Å². The van der Waals surface area contributed by atoms with Crippen molar-refractivity contribution >= 4 is 17.6 Å². The number of nitrogens with zero attached hydrogens (tertiary/aromatic N) is 2. The van der Waals surface area contributed by atoms with Crippen LogP contribution >= 0.6 is 0 Å². The maximum Gasteiger partial charge on any atom is 0.321 e. The quantitative estimate of drug-likeness (QED) is 0.883. The molecule has 2 N–H and O–H groups in total. The van der Waals surface area contributed by atoms with Gasteiger partial charge in [0.25, 0.3) is 0 Å². The number of rotatable bonds is 4. The van der Waals surface area contributed by atoms with Gasteiger partial charge in [0.15, 0.2) is 0 Å². The summed E-state index contributed by atoms with van der Waals surface area (Å²) in [5, 5.41) is 5.60. The predicted molar refractivity (Wildman–Crippen MR) is 86.7 cm³/mol. The number of carbonyl (C=O) groups is 2. The molecule has 126 valence electrons. The lowest BCUT2D eigenvalue weighted by Crippen LogP contribution is -2.52. The first-order chi connectivity index (χ1) is 10.9. The summed E-state index contributed by atoms with van der Waals surface area (Å²) in [5.74, 6) is -0.333. The zero-order chi connectivity index (χ0) is 16.8. The molecule has 1 aliphatic heterocycles. The van der Waals surface area contributed by atoms with Gasteiger partial charge in [-0.25, -0.2) is 9.18 Å². The number of benzene rings is 1. The minimum absolute atomic E-state index is 0.00390. The molecule has 7 heteroatoms. The highest BCUT2D eigenvalue weighted by molar-refractivity contribution is 5.89. The Kier molecular flexibility index (Phi) is 5.92. The van der Waals surface area contributed by atoms with Crippen molar-refractivity contribution < 1.29 is 14.0 Å². The van der Waals surface area contributed by atoms with Gasteiger partial charge in [-0.2, -0.15) is 0 Å². The number of urea groups is 1. The number of halogens is 1. The highest BCUT2D eigenvalue weighted by Gasteiger charge is 2.22. The zero-order valence-electron chi connectivity index (χ0n) is 13.5. The molecule has 3 amide bonds. The van der Waals surface area contributed by atoms with E-state index in [9.17, 15) is 14.0 Å². The normalized spacial score (nSPS) is 15.6. The molecule has 1 heterocycles. The molecule has 23 heavy (non-hydrogen) atoms. The summed E-state index contributed by atoms with van der Waals surface area (Å²) in [5.41, 5.74) is 0.565. The predicted octanol–water partition coefficient (Wildman–Crippen LogP) is 1.50. The van der Waals surface area contributed by atoms with Gasteiger partial charge in [0.05, 0.1) is 6.54 Å². The van der Waals surface area contributed by atoms with Crippen LogP contribution in [0, 0.1) is 5.82 Å². The molecule has 0 spiro atoms. The Bertz CT molecular complexity index is 540. The molecule has 0 aliphatic carbocycles. The fraction of sp³-hybridized carbons (Fsp3) is 0.500. The van der Waals surface area contributed by atoms with Crippen molar-refractivity contribution in [2.75, 3.05) is 38.0 Å². The molecule has 2 rings (SSSR count). The van der Waals surface area contributed by atoms with Gasteiger partial charge in [0, 0.05) is 37.9 Å². The van der Waals surface area contributed by atoms with Crippen molar-refractivity contribution in [3.05, 3.63) is 30.1 Å². The highest BCUT2D eigenvalue weighted by atomic mass is 19.1. The summed E-state index contributed by atoms with van der Waals surface area (Å²) in [6, 6.07) is 5.59. The van der Waals surface area contributed by atoms with Crippen LogP contribution in [0.3, 0.4) is 0 Å². The monoisotopic (exact) mass is 322 g/mol. The summed E-state index contributed by atoms with van der Waals surface area (Å²) >= 11 is 0. The molecule has 1 saturated heterocycles. The van der Waals surface area contributed by atoms with Gasteiger partial charge in [0.1, 0.15) is 5.82 Å². The Morgan fingerprint density at radius 2 is 1.74 bits per heavy atom. The van der Waals surface area contributed by atoms with Crippen molar-refractivity contribution in [1.82, 2.24) is 15.1 Å². The van der Waals surface area contributed by atoms with Crippen molar-refractivity contribution in [2.45, 2.75) is 19.9 Å². The van der Waals surface area contributed by atoms with E-state index in [-0.39, 0.29) is 23.8 Å². The van der Waals surface area contributed by atoms with Gasteiger partial charge in [0.2, 0.25) is 5.91 Å². The van der Waals surface area contributed by atoms with Gasteiger partial charge in [-0.3, -0.25) is 9.69 Å². The summed E-state index contributed by atoms with van der Waals surface area (Å²) in [6.07, 6.45) is 0. The summed E-state index contributed by atoms with van der Waals surface area (Å²) in [7, 11) is 0. The smallest absolute Gasteiger partial charge is 0.321 e. The van der Waals surface area contributed by atoms with Crippen molar-refractivity contribution in [1.29, 1.82) is 0 Å². The second-order valence-electron chi connectivity index (χ2n) is 5.92. The van der Waals surface area contributed by atoms with Gasteiger partial charge >= 0.3 is 6.03 Å². The summed E-state index contributed by atoms with van der Waals surface area (Å²) in [4.78, 5) is 27.6. The molecular formula is C16H23FN4O2. The average molecular weight is 322 g/mol. The highest BCUT2D eigenvalue weighted by Crippen LogP contribution is 2.10. The molecular weight excluding hydrogens is 299 g/mol. The minimum atomic E-state index is -0.337. The largest absolute Gasteiger partial charge is 0.353 e. The van der Waals surface area contributed by atoms with Gasteiger partial charge < -0.3 is 15.5 Å². The lowest BCUT2D eigenvalue weighted by Gasteiger charge is -2.34. The molecule has 6 nitrogen and oxygen atoms in total. The van der Waals surface area contributed by atoms with E-state index in [0.29, 0.717) is 38.4 Å². The molecule has 0 saturated carbocycles. The summed E-state index contributed by atoms with van der Waals surface area (Å²) in [6.45, 7) is 6.63. The van der Waals surface area contributed by atoms with Crippen molar-refractivity contribution in [3.8, 4) is 0 Å². The Balaban J connectivity index is 1.76. The lowest BCUT2D eigenvalue weighted by molar-refractivity contribution is -0.123. The Labute approximate surface area is 135 Å². The Morgan fingerprint density at radius 3 is 2.30 bits per heavy atom. The number of nitrogens with one attached hydrogen (secondary N) is 2. The van der Waals surface area contributed by atoms with Crippen molar-refractivity contribution in [2.24, 2.45) is 0 Å². The number of amides is 3. The standard InChI is InChI=1S/C16H23FN4O2/c1-12(2)18-15(22)11-20-7-9-21(10-8-20)16(23)19-14-5-3-13(17)4-6-14/h3-6,12H,7-11H2,1-2H3,(H,18,22)(H,19,23). The minimum Gasteiger partial charge on any atom is -0.353 e. The Morgan fingerprint density at radius 1 is 1.13 bits per heavy atom. The molecule has 1 fully saturated rings. The van der Waals surface area contributed by atoms with E-state index >= 15 is 0 Å². The SMILES string of the molecule is CC(C)NC(=O)CN1CCN(C(=O)Nc2ccc(F)cc2)CC1. The maximum atomic E-state index is 12.8. The number of hydrogen-bond donors (Lipinski definition) is 2. The molecule has 0 radical (unpaired) electrons. The first-order valence-electron chi connectivity index (χ1n) is 7.77. The molecule has 1 aliphatic rings. The molecule has 1 aromatic carbocycles. The maximum absolute atomic E-state index is 12.8. The van der Waals surface area contributed by atoms with Gasteiger partial charge in [-0.1, -0.05) is 0 Å². The third-order valence-electron chi connectivity index (χ3n) is 3.57. The zero-order valence-corrected chi connectivity index (χ0v) is 13.5. The van der Waals surface area contributed by atoms with E-state index in [1.54, 1.807) is 4.90 Å². The van der Waals surface area contributed by atoms with E-state index in [4.69, 9.17) is 0 Å². The number of hydrogen-bond acceptors (Lipinski definition) is 3. The topological polar surface area (TPSA) is 64.7 Å². The molecule has 0 bridgehead atoms. The van der Waals surface area contributed by atoms with Crippen molar-refractivity contribution in [3.63, 3.8) is 0 Å². The van der Waals surface area contributed by atoms with Gasteiger partial charge in [-0.15, -0.1) is 0 Å². The first kappa shape index (κ1) is 17.2. The lowest BCUT2D eigenvalue weighted by atomic mass is 10.3. The van der Waals surface area contributed by atoms with E-state index in [2.05, 4.69) is 10.6 Å². The third kappa shape index (κ3) is 5.52. The van der Waals surface area contributed by atoms with Crippen LogP contribution in [0.25, 0.3) is 0 Å². The Hall–Kier alpha value is -2.15. The fourth-order valence-electron chi connectivity index (χ4n) is 2.42. The second-order valence-corrected chi connectivity index (χ2v) is 5.92. The van der Waals surface area contributed by atoms with Crippen LogP contribution in [0.5, 0.6) is 0 Å². The average Bonchev–Trinajstić information content (AvgIpc) is 2.49. The van der Waals surface area contributed by atoms with Crippen LogP contribution in [0.4, 0.5) is 14.9 Å². The fourth-order valence-corrected chi connectivity index (χ4v) is 2.42. The van der Waals surface area contributed by atoms with Crippen LogP contribution in [0.15, 0.2) is 24.3 Å². The van der Waals surface area contributed by atoms with E-state index < -0.39 is 0 Å². The van der Waals surface area contributed by atoms with Crippen LogP contribution in [0.2, 0.25) is 0 Å². The number of anilines is 1. The van der Waals surface area contributed by atoms with Crippen LogP contribution in [-0.2, 0) is 4.79 Å². The second kappa shape index (κ2) is 7.92. The molecule has 0 unspecified atom stereocenters. The van der Waals surface area contributed by atoms with Crippen LogP contribution in [0.1, 0.15) is 13.8 Å². The van der Waals surface area contributed by atoms with E-state index in [1.807, 2.05) is 18.7 Å². The molecule has 1 aromatic rings. The van der Waals surface area contributed by atoms with E-state index in [0.717, 1.165) is 0 Å². The van der Waals surface area contributed by atoms with E-state index in [1.165, 1.54) is 24.3 Å². The summed E-state index contributed by atoms with van der Waals surface area (Å²) < 4.78 is 12.8.